The first-order chi connectivity index (χ1) is 15.4. The lowest BCUT2D eigenvalue weighted by Gasteiger charge is -2.34. The Bertz CT molecular complexity index is 899. The lowest BCUT2D eigenvalue weighted by Crippen LogP contribution is -2.48. The number of nitrogens with zero attached hydrogens (tertiary/aromatic N) is 3. The van der Waals surface area contributed by atoms with Crippen LogP contribution in [0.25, 0.3) is 0 Å². The highest BCUT2D eigenvalue weighted by Crippen LogP contribution is 2.23. The molecule has 2 aromatic carbocycles. The maximum atomic E-state index is 12.7. The van der Waals surface area contributed by atoms with Crippen LogP contribution < -0.4 is 10.1 Å². The molecule has 172 valence electrons. The number of carbonyl (C=O) groups is 2. The van der Waals surface area contributed by atoms with Gasteiger partial charge in [-0.2, -0.15) is 0 Å². The van der Waals surface area contributed by atoms with Crippen LogP contribution in [0.15, 0.2) is 48.5 Å². The number of nitrogens with one attached hydrogen (secondary N) is 1. The van der Waals surface area contributed by atoms with Gasteiger partial charge in [0.1, 0.15) is 5.75 Å². The third kappa shape index (κ3) is 7.22. The highest BCUT2D eigenvalue weighted by atomic mass is 35.5. The normalized spacial score (nSPS) is 14.7. The van der Waals surface area contributed by atoms with Crippen LogP contribution in [-0.2, 0) is 11.3 Å². The summed E-state index contributed by atoms with van der Waals surface area (Å²) in [5.74, 6) is -0.126. The average molecular weight is 459 g/mol. The summed E-state index contributed by atoms with van der Waals surface area (Å²) in [4.78, 5) is 30.8. The fourth-order valence-corrected chi connectivity index (χ4v) is 3.67. The molecule has 2 aromatic rings. The van der Waals surface area contributed by atoms with E-state index in [2.05, 4.69) is 39.4 Å². The molecule has 0 unspecified atom stereocenters. The standard InChI is InChI=1S/C24H31ClN4O3/c1-27(2)23(30)18-32-22-16-20(25)8-9-21(22)24(31)26-10-11-28-12-14-29(15-13-28)17-19-6-4-3-5-7-19/h3-9,16H,10-15,17-18H2,1-2H3,(H,26,31). The van der Waals surface area contributed by atoms with E-state index in [1.807, 2.05) is 6.07 Å². The Kier molecular flexibility index (Phi) is 8.90. The lowest BCUT2D eigenvalue weighted by atomic mass is 10.2. The van der Waals surface area contributed by atoms with Gasteiger partial charge in [-0.15, -0.1) is 0 Å². The fraction of sp³-hybridized carbons (Fsp3) is 0.417. The minimum Gasteiger partial charge on any atom is -0.483 e. The monoisotopic (exact) mass is 458 g/mol. The Morgan fingerprint density at radius 2 is 1.72 bits per heavy atom. The number of amides is 2. The SMILES string of the molecule is CN(C)C(=O)COc1cc(Cl)ccc1C(=O)NCCN1CCN(Cc2ccccc2)CC1. The second-order valence-corrected chi connectivity index (χ2v) is 8.51. The van der Waals surface area contributed by atoms with Crippen LogP contribution in [0.5, 0.6) is 5.75 Å². The van der Waals surface area contributed by atoms with E-state index in [1.54, 1.807) is 32.3 Å². The minimum atomic E-state index is -0.239. The van der Waals surface area contributed by atoms with Crippen molar-refractivity contribution in [2.24, 2.45) is 0 Å². The van der Waals surface area contributed by atoms with E-state index in [0.29, 0.717) is 22.9 Å². The second kappa shape index (κ2) is 11.9. The number of hydrogen-bond donors (Lipinski definition) is 1. The Balaban J connectivity index is 1.43. The Hall–Kier alpha value is -2.61. The molecule has 8 heteroatoms. The van der Waals surface area contributed by atoms with Crippen LogP contribution in [0.1, 0.15) is 15.9 Å². The van der Waals surface area contributed by atoms with E-state index in [-0.39, 0.29) is 18.4 Å². The predicted octanol–water partition coefficient (Wildman–Crippen LogP) is 2.35. The molecule has 0 aromatic heterocycles. The first-order valence-electron chi connectivity index (χ1n) is 10.8. The molecule has 0 spiro atoms. The third-order valence-corrected chi connectivity index (χ3v) is 5.70. The van der Waals surface area contributed by atoms with Gasteiger partial charge in [-0.25, -0.2) is 0 Å². The summed E-state index contributed by atoms with van der Waals surface area (Å²) in [6.07, 6.45) is 0. The Morgan fingerprint density at radius 3 is 2.41 bits per heavy atom. The van der Waals surface area contributed by atoms with Crippen molar-refractivity contribution in [1.29, 1.82) is 0 Å². The molecule has 1 N–H and O–H groups in total. The third-order valence-electron chi connectivity index (χ3n) is 5.47. The maximum absolute atomic E-state index is 12.7. The summed E-state index contributed by atoms with van der Waals surface area (Å²) in [6.45, 7) is 6.12. The summed E-state index contributed by atoms with van der Waals surface area (Å²) >= 11 is 6.05. The first kappa shape index (κ1) is 24.0. The molecular weight excluding hydrogens is 428 g/mol. The summed E-state index contributed by atoms with van der Waals surface area (Å²) in [5, 5.41) is 3.40. The van der Waals surface area contributed by atoms with Crippen LogP contribution >= 0.6 is 11.6 Å². The van der Waals surface area contributed by atoms with E-state index in [4.69, 9.17) is 16.3 Å². The zero-order valence-corrected chi connectivity index (χ0v) is 19.5. The molecule has 1 aliphatic heterocycles. The highest BCUT2D eigenvalue weighted by molar-refractivity contribution is 6.30. The van der Waals surface area contributed by atoms with Crippen molar-refractivity contribution in [1.82, 2.24) is 20.0 Å². The molecule has 0 saturated carbocycles. The molecular formula is C24H31ClN4O3. The highest BCUT2D eigenvalue weighted by Gasteiger charge is 2.18. The van der Waals surface area contributed by atoms with Gasteiger partial charge in [-0.1, -0.05) is 41.9 Å². The van der Waals surface area contributed by atoms with E-state index in [9.17, 15) is 9.59 Å². The molecule has 0 radical (unpaired) electrons. The number of likely N-dealkylation sites (N-methyl/N-ethyl adjacent to an activating group) is 1. The van der Waals surface area contributed by atoms with Crippen LogP contribution in [0.2, 0.25) is 5.02 Å². The smallest absolute Gasteiger partial charge is 0.259 e. The molecule has 1 saturated heterocycles. The van der Waals surface area contributed by atoms with Crippen molar-refractivity contribution in [3.8, 4) is 5.75 Å². The number of hydrogen-bond acceptors (Lipinski definition) is 5. The van der Waals surface area contributed by atoms with Gasteiger partial charge in [0, 0.05) is 64.9 Å². The lowest BCUT2D eigenvalue weighted by molar-refractivity contribution is -0.130. The van der Waals surface area contributed by atoms with Crippen LogP contribution in [0, 0.1) is 0 Å². The number of ether oxygens (including phenoxy) is 1. The van der Waals surface area contributed by atoms with E-state index >= 15 is 0 Å². The number of benzene rings is 2. The zero-order valence-electron chi connectivity index (χ0n) is 18.7. The van der Waals surface area contributed by atoms with Crippen LogP contribution in [-0.4, -0.2) is 86.5 Å². The predicted molar refractivity (Wildman–Crippen MR) is 126 cm³/mol. The van der Waals surface area contributed by atoms with E-state index in [1.165, 1.54) is 10.5 Å². The van der Waals surface area contributed by atoms with Crippen molar-refractivity contribution >= 4 is 23.4 Å². The molecule has 32 heavy (non-hydrogen) atoms. The molecule has 0 bridgehead atoms. The Labute approximate surface area is 194 Å². The van der Waals surface area contributed by atoms with Gasteiger partial charge in [0.2, 0.25) is 0 Å². The molecule has 0 aliphatic carbocycles. The molecule has 1 aliphatic rings. The van der Waals surface area contributed by atoms with Crippen LogP contribution in [0.4, 0.5) is 0 Å². The van der Waals surface area contributed by atoms with Crippen LogP contribution in [0.3, 0.4) is 0 Å². The molecule has 7 nitrogen and oxygen atoms in total. The van der Waals surface area contributed by atoms with Gasteiger partial charge in [0.05, 0.1) is 5.56 Å². The molecule has 1 fully saturated rings. The second-order valence-electron chi connectivity index (χ2n) is 8.08. The van der Waals surface area contributed by atoms with Gasteiger partial charge in [0.25, 0.3) is 11.8 Å². The van der Waals surface area contributed by atoms with E-state index in [0.717, 1.165) is 39.3 Å². The maximum Gasteiger partial charge on any atom is 0.259 e. The molecule has 0 atom stereocenters. The average Bonchev–Trinajstić information content (AvgIpc) is 2.79. The quantitative estimate of drug-likeness (QED) is 0.625. The van der Waals surface area contributed by atoms with Gasteiger partial charge >= 0.3 is 0 Å². The first-order valence-corrected chi connectivity index (χ1v) is 11.2. The van der Waals surface area contributed by atoms with Crippen molar-refractivity contribution in [3.63, 3.8) is 0 Å². The van der Waals surface area contributed by atoms with Gasteiger partial charge in [-0.3, -0.25) is 19.4 Å². The summed E-state index contributed by atoms with van der Waals surface area (Å²) in [5.41, 5.74) is 1.70. The summed E-state index contributed by atoms with van der Waals surface area (Å²) in [7, 11) is 3.30. The summed E-state index contributed by atoms with van der Waals surface area (Å²) in [6, 6.07) is 15.3. The van der Waals surface area contributed by atoms with Gasteiger partial charge in [-0.05, 0) is 23.8 Å². The van der Waals surface area contributed by atoms with E-state index < -0.39 is 0 Å². The zero-order chi connectivity index (χ0) is 22.9. The fourth-order valence-electron chi connectivity index (χ4n) is 3.51. The molecule has 3 rings (SSSR count). The van der Waals surface area contributed by atoms with Crippen molar-refractivity contribution < 1.29 is 14.3 Å². The summed E-state index contributed by atoms with van der Waals surface area (Å²) < 4.78 is 5.57. The largest absolute Gasteiger partial charge is 0.483 e. The number of rotatable bonds is 9. The topological polar surface area (TPSA) is 65.1 Å². The number of piperazine rings is 1. The Morgan fingerprint density at radius 1 is 1.03 bits per heavy atom. The number of halogens is 1. The van der Waals surface area contributed by atoms with Crippen molar-refractivity contribution in [2.75, 3.05) is 60.0 Å². The van der Waals surface area contributed by atoms with Crippen molar-refractivity contribution in [2.45, 2.75) is 6.54 Å². The number of carbonyl (C=O) groups excluding carboxylic acids is 2. The van der Waals surface area contributed by atoms with Gasteiger partial charge < -0.3 is 15.0 Å². The van der Waals surface area contributed by atoms with Crippen molar-refractivity contribution in [3.05, 3.63) is 64.7 Å². The molecule has 1 heterocycles. The molecule has 2 amide bonds. The van der Waals surface area contributed by atoms with Gasteiger partial charge in [0.15, 0.2) is 6.61 Å². The minimum absolute atomic E-state index is 0.152.